The summed E-state index contributed by atoms with van der Waals surface area (Å²) in [6, 6.07) is 2.91. The highest BCUT2D eigenvalue weighted by Gasteiger charge is 2.13. The zero-order chi connectivity index (χ0) is 15.8. The third kappa shape index (κ3) is 5.17. The Balaban J connectivity index is 2.53. The molecular weight excluding hydrogens is 266 g/mol. The Kier molecular flexibility index (Phi) is 7.47. The van der Waals surface area contributed by atoms with Gasteiger partial charge in [-0.15, -0.1) is 0 Å². The van der Waals surface area contributed by atoms with Gasteiger partial charge in [-0.25, -0.2) is 0 Å². The van der Waals surface area contributed by atoms with Crippen LogP contribution in [0.1, 0.15) is 33.4 Å². The Morgan fingerprint density at radius 1 is 1.14 bits per heavy atom. The standard InChI is InChI=1S/C16H29N3O2/c1-12(2)19(13(3)4)10-9-17-11-14-16(21-6)15(20-5)7-8-18-14/h7-8,12-13,17H,9-11H2,1-6H3. The molecule has 0 radical (unpaired) electrons. The lowest BCUT2D eigenvalue weighted by Gasteiger charge is -2.30. The molecule has 5 heteroatoms. The quantitative estimate of drug-likeness (QED) is 0.708. The highest BCUT2D eigenvalue weighted by Crippen LogP contribution is 2.28. The Hall–Kier alpha value is -1.33. The summed E-state index contributed by atoms with van der Waals surface area (Å²) in [5, 5.41) is 3.43. The molecule has 1 rings (SSSR count). The van der Waals surface area contributed by atoms with E-state index in [1.807, 2.05) is 6.07 Å². The molecule has 0 bridgehead atoms. The molecule has 0 saturated carbocycles. The van der Waals surface area contributed by atoms with Gasteiger partial charge in [-0.2, -0.15) is 0 Å². The summed E-state index contributed by atoms with van der Waals surface area (Å²) in [4.78, 5) is 6.83. The van der Waals surface area contributed by atoms with Gasteiger partial charge in [0.1, 0.15) is 0 Å². The Bertz CT molecular complexity index is 414. The van der Waals surface area contributed by atoms with Crippen molar-refractivity contribution < 1.29 is 9.47 Å². The molecule has 120 valence electrons. The molecule has 1 aromatic rings. The van der Waals surface area contributed by atoms with E-state index < -0.39 is 0 Å². The number of methoxy groups -OCH3 is 2. The number of ether oxygens (including phenoxy) is 2. The van der Waals surface area contributed by atoms with Crippen molar-refractivity contribution >= 4 is 0 Å². The number of hydrogen-bond donors (Lipinski definition) is 1. The molecule has 0 spiro atoms. The van der Waals surface area contributed by atoms with Gasteiger partial charge < -0.3 is 14.8 Å². The molecule has 0 unspecified atom stereocenters. The van der Waals surface area contributed by atoms with Gasteiger partial charge in [0.2, 0.25) is 0 Å². The van der Waals surface area contributed by atoms with Crippen LogP contribution in [0.4, 0.5) is 0 Å². The molecule has 1 aromatic heterocycles. The predicted molar refractivity (Wildman–Crippen MR) is 86.0 cm³/mol. The second-order valence-electron chi connectivity index (χ2n) is 5.60. The molecule has 0 aromatic carbocycles. The molecule has 5 nitrogen and oxygen atoms in total. The van der Waals surface area contributed by atoms with Crippen molar-refractivity contribution in [3.05, 3.63) is 18.0 Å². The lowest BCUT2D eigenvalue weighted by molar-refractivity contribution is 0.175. The average molecular weight is 295 g/mol. The highest BCUT2D eigenvalue weighted by molar-refractivity contribution is 5.42. The summed E-state index contributed by atoms with van der Waals surface area (Å²) in [5.74, 6) is 1.42. The maximum absolute atomic E-state index is 5.38. The largest absolute Gasteiger partial charge is 0.493 e. The fourth-order valence-corrected chi connectivity index (χ4v) is 2.50. The minimum Gasteiger partial charge on any atom is -0.493 e. The zero-order valence-electron chi connectivity index (χ0n) is 14.1. The molecule has 0 aliphatic heterocycles. The second-order valence-corrected chi connectivity index (χ2v) is 5.60. The monoisotopic (exact) mass is 295 g/mol. The lowest BCUT2D eigenvalue weighted by atomic mass is 10.2. The number of nitrogens with one attached hydrogen (secondary N) is 1. The summed E-state index contributed by atoms with van der Waals surface area (Å²) in [7, 11) is 3.28. The van der Waals surface area contributed by atoms with Gasteiger partial charge in [0, 0.05) is 44.0 Å². The van der Waals surface area contributed by atoms with Crippen LogP contribution in [0, 0.1) is 0 Å². The van der Waals surface area contributed by atoms with Crippen molar-refractivity contribution in [2.75, 3.05) is 27.3 Å². The van der Waals surface area contributed by atoms with Gasteiger partial charge in [-0.1, -0.05) is 0 Å². The SMILES string of the molecule is COc1ccnc(CNCCN(C(C)C)C(C)C)c1OC. The van der Waals surface area contributed by atoms with Gasteiger partial charge in [0.15, 0.2) is 11.5 Å². The maximum atomic E-state index is 5.38. The first-order valence-corrected chi connectivity index (χ1v) is 7.53. The number of nitrogens with zero attached hydrogens (tertiary/aromatic N) is 2. The fraction of sp³-hybridized carbons (Fsp3) is 0.688. The summed E-state index contributed by atoms with van der Waals surface area (Å²) in [5.41, 5.74) is 0.873. The third-order valence-corrected chi connectivity index (χ3v) is 3.53. The minimum atomic E-state index is 0.552. The molecule has 0 fully saturated rings. The summed E-state index contributed by atoms with van der Waals surface area (Å²) < 4.78 is 10.7. The van der Waals surface area contributed by atoms with E-state index >= 15 is 0 Å². The summed E-state index contributed by atoms with van der Waals surface area (Å²) >= 11 is 0. The Morgan fingerprint density at radius 2 is 1.81 bits per heavy atom. The van der Waals surface area contributed by atoms with Crippen LogP contribution in [-0.2, 0) is 6.54 Å². The van der Waals surface area contributed by atoms with E-state index in [1.54, 1.807) is 20.4 Å². The van der Waals surface area contributed by atoms with E-state index in [9.17, 15) is 0 Å². The van der Waals surface area contributed by atoms with Crippen LogP contribution in [0.15, 0.2) is 12.3 Å². The first kappa shape index (κ1) is 17.7. The molecule has 1 N–H and O–H groups in total. The van der Waals surface area contributed by atoms with Crippen LogP contribution in [0.25, 0.3) is 0 Å². The van der Waals surface area contributed by atoms with Crippen molar-refractivity contribution in [1.82, 2.24) is 15.2 Å². The second kappa shape index (κ2) is 8.85. The molecule has 0 amide bonds. The molecular formula is C16H29N3O2. The third-order valence-electron chi connectivity index (χ3n) is 3.53. The van der Waals surface area contributed by atoms with Gasteiger partial charge >= 0.3 is 0 Å². The normalized spacial score (nSPS) is 11.5. The van der Waals surface area contributed by atoms with Crippen LogP contribution in [0.3, 0.4) is 0 Å². The van der Waals surface area contributed by atoms with Crippen LogP contribution in [0.5, 0.6) is 11.5 Å². The van der Waals surface area contributed by atoms with E-state index in [0.717, 1.165) is 24.5 Å². The number of pyridine rings is 1. The maximum Gasteiger partial charge on any atom is 0.183 e. The van der Waals surface area contributed by atoms with Crippen LogP contribution >= 0.6 is 0 Å². The summed E-state index contributed by atoms with van der Waals surface area (Å²) in [6.07, 6.45) is 1.74. The van der Waals surface area contributed by atoms with Crippen molar-refractivity contribution in [3.8, 4) is 11.5 Å². The Morgan fingerprint density at radius 3 is 2.33 bits per heavy atom. The highest BCUT2D eigenvalue weighted by atomic mass is 16.5. The zero-order valence-corrected chi connectivity index (χ0v) is 14.1. The van der Waals surface area contributed by atoms with Crippen LogP contribution in [0.2, 0.25) is 0 Å². The van der Waals surface area contributed by atoms with Crippen molar-refractivity contribution in [2.24, 2.45) is 0 Å². The van der Waals surface area contributed by atoms with Gasteiger partial charge in [-0.3, -0.25) is 9.88 Å². The van der Waals surface area contributed by atoms with Gasteiger partial charge in [0.05, 0.1) is 19.9 Å². The van der Waals surface area contributed by atoms with Crippen LogP contribution < -0.4 is 14.8 Å². The van der Waals surface area contributed by atoms with Crippen molar-refractivity contribution in [1.29, 1.82) is 0 Å². The topological polar surface area (TPSA) is 46.6 Å². The minimum absolute atomic E-state index is 0.552. The van der Waals surface area contributed by atoms with E-state index in [-0.39, 0.29) is 0 Å². The summed E-state index contributed by atoms with van der Waals surface area (Å²) in [6.45, 7) is 11.5. The smallest absolute Gasteiger partial charge is 0.183 e. The van der Waals surface area contributed by atoms with E-state index in [0.29, 0.717) is 24.4 Å². The molecule has 0 aliphatic rings. The van der Waals surface area contributed by atoms with E-state index in [1.165, 1.54) is 0 Å². The first-order chi connectivity index (χ1) is 10.0. The Labute approximate surface area is 128 Å². The molecule has 0 saturated heterocycles. The number of rotatable bonds is 9. The predicted octanol–water partition coefficient (Wildman–Crippen LogP) is 2.31. The van der Waals surface area contributed by atoms with Crippen molar-refractivity contribution in [2.45, 2.75) is 46.3 Å². The van der Waals surface area contributed by atoms with Gasteiger partial charge in [0.25, 0.3) is 0 Å². The molecule has 1 heterocycles. The first-order valence-electron chi connectivity index (χ1n) is 7.53. The molecule has 0 atom stereocenters. The lowest BCUT2D eigenvalue weighted by Crippen LogP contribution is -2.41. The van der Waals surface area contributed by atoms with Crippen molar-refractivity contribution in [3.63, 3.8) is 0 Å². The fourth-order valence-electron chi connectivity index (χ4n) is 2.50. The van der Waals surface area contributed by atoms with Gasteiger partial charge in [-0.05, 0) is 27.7 Å². The molecule has 0 aliphatic carbocycles. The number of aromatic nitrogens is 1. The van der Waals surface area contributed by atoms with Crippen LogP contribution in [-0.4, -0.2) is 49.3 Å². The molecule has 21 heavy (non-hydrogen) atoms. The van der Waals surface area contributed by atoms with E-state index in [2.05, 4.69) is 42.9 Å². The van der Waals surface area contributed by atoms with E-state index in [4.69, 9.17) is 9.47 Å². The number of hydrogen-bond acceptors (Lipinski definition) is 5. The average Bonchev–Trinajstić information content (AvgIpc) is 2.45.